The van der Waals surface area contributed by atoms with Gasteiger partial charge in [-0.25, -0.2) is 0 Å². The molecule has 1 rings (SSSR count). The third-order valence-corrected chi connectivity index (χ3v) is 3.18. The monoisotopic (exact) mass is 280 g/mol. The van der Waals surface area contributed by atoms with E-state index in [1.54, 1.807) is 24.8 Å². The Morgan fingerprint density at radius 1 is 1.25 bits per heavy atom. The third kappa shape index (κ3) is 4.72. The van der Waals surface area contributed by atoms with Gasteiger partial charge in [0, 0.05) is 25.5 Å². The number of furan rings is 1. The molecule has 0 aliphatic heterocycles. The molecule has 1 aromatic heterocycles. The van der Waals surface area contributed by atoms with Gasteiger partial charge in [-0.15, -0.1) is 0 Å². The molecule has 0 unspecified atom stereocenters. The van der Waals surface area contributed by atoms with Crippen molar-refractivity contribution < 1.29 is 19.1 Å². The first kappa shape index (κ1) is 16.3. The van der Waals surface area contributed by atoms with E-state index in [9.17, 15) is 14.7 Å². The number of nitrogens with zero attached hydrogens (tertiary/aromatic N) is 1. The maximum atomic E-state index is 12.4. The Labute approximate surface area is 119 Å². The Balaban J connectivity index is 2.76. The Bertz CT molecular complexity index is 464. The molecule has 0 fully saturated rings. The van der Waals surface area contributed by atoms with E-state index in [4.69, 9.17) is 4.42 Å². The SMILES string of the molecule is CCCCCN(CCC(=O)[O-])C(=O)c1cc(C)oc1C. The maximum Gasteiger partial charge on any atom is 0.257 e. The first-order valence-electron chi connectivity index (χ1n) is 7.01. The van der Waals surface area contributed by atoms with Crippen LogP contribution in [0.5, 0.6) is 0 Å². The van der Waals surface area contributed by atoms with Gasteiger partial charge in [0.2, 0.25) is 0 Å². The number of amides is 1. The predicted molar refractivity (Wildman–Crippen MR) is 73.2 cm³/mol. The minimum Gasteiger partial charge on any atom is -0.550 e. The Morgan fingerprint density at radius 3 is 2.45 bits per heavy atom. The quantitative estimate of drug-likeness (QED) is 0.679. The summed E-state index contributed by atoms with van der Waals surface area (Å²) in [6.45, 7) is 6.34. The van der Waals surface area contributed by atoms with Crippen molar-refractivity contribution in [1.29, 1.82) is 0 Å². The van der Waals surface area contributed by atoms with Crippen molar-refractivity contribution in [3.8, 4) is 0 Å². The fraction of sp³-hybridized carbons (Fsp3) is 0.600. The molecule has 0 saturated carbocycles. The molecule has 0 aliphatic carbocycles. The second-order valence-electron chi connectivity index (χ2n) is 4.95. The van der Waals surface area contributed by atoms with E-state index in [1.165, 1.54) is 0 Å². The standard InChI is InChI=1S/C15H23NO4/c1-4-5-6-8-16(9-7-14(17)18)15(19)13-10-11(2)20-12(13)3/h10H,4-9H2,1-3H3,(H,17,18)/p-1. The molecule has 0 N–H and O–H groups in total. The highest BCUT2D eigenvalue weighted by molar-refractivity contribution is 5.95. The van der Waals surface area contributed by atoms with Crippen molar-refractivity contribution >= 4 is 11.9 Å². The van der Waals surface area contributed by atoms with E-state index >= 15 is 0 Å². The molecule has 5 heteroatoms. The second kappa shape index (κ2) is 7.72. The first-order valence-corrected chi connectivity index (χ1v) is 7.01. The van der Waals surface area contributed by atoms with E-state index in [1.807, 2.05) is 0 Å². The van der Waals surface area contributed by atoms with Crippen LogP contribution in [0.25, 0.3) is 0 Å². The van der Waals surface area contributed by atoms with Crippen LogP contribution in [-0.4, -0.2) is 29.9 Å². The second-order valence-corrected chi connectivity index (χ2v) is 4.95. The number of carbonyl (C=O) groups excluding carboxylic acids is 2. The van der Waals surface area contributed by atoms with Crippen LogP contribution in [0.4, 0.5) is 0 Å². The van der Waals surface area contributed by atoms with Crippen LogP contribution >= 0.6 is 0 Å². The zero-order chi connectivity index (χ0) is 15.1. The number of hydrogen-bond donors (Lipinski definition) is 0. The van der Waals surface area contributed by atoms with Crippen molar-refractivity contribution in [2.45, 2.75) is 46.5 Å². The zero-order valence-electron chi connectivity index (χ0n) is 12.4. The average molecular weight is 280 g/mol. The third-order valence-electron chi connectivity index (χ3n) is 3.18. The lowest BCUT2D eigenvalue weighted by Gasteiger charge is -2.22. The van der Waals surface area contributed by atoms with Crippen LogP contribution in [0.15, 0.2) is 10.5 Å². The Hall–Kier alpha value is -1.78. The molecule has 1 amide bonds. The highest BCUT2D eigenvalue weighted by Gasteiger charge is 2.19. The number of carboxylic acids is 1. The van der Waals surface area contributed by atoms with Crippen molar-refractivity contribution in [1.82, 2.24) is 4.90 Å². The molecule has 0 radical (unpaired) electrons. The van der Waals surface area contributed by atoms with Crippen LogP contribution in [0.3, 0.4) is 0 Å². The number of carboxylic acid groups (broad SMARTS) is 1. The number of carbonyl (C=O) groups is 2. The summed E-state index contributed by atoms with van der Waals surface area (Å²) >= 11 is 0. The largest absolute Gasteiger partial charge is 0.550 e. The summed E-state index contributed by atoms with van der Waals surface area (Å²) in [7, 11) is 0. The fourth-order valence-electron chi connectivity index (χ4n) is 2.11. The van der Waals surface area contributed by atoms with Gasteiger partial charge in [0.25, 0.3) is 5.91 Å². The van der Waals surface area contributed by atoms with Crippen LogP contribution in [0.1, 0.15) is 54.5 Å². The first-order chi connectivity index (χ1) is 9.45. The number of hydrogen-bond acceptors (Lipinski definition) is 4. The van der Waals surface area contributed by atoms with Crippen LogP contribution < -0.4 is 5.11 Å². The maximum absolute atomic E-state index is 12.4. The molecule has 112 valence electrons. The van der Waals surface area contributed by atoms with E-state index in [0.717, 1.165) is 19.3 Å². The zero-order valence-corrected chi connectivity index (χ0v) is 12.4. The molecule has 0 aromatic carbocycles. The summed E-state index contributed by atoms with van der Waals surface area (Å²) < 4.78 is 5.36. The number of rotatable bonds is 8. The van der Waals surface area contributed by atoms with Crippen molar-refractivity contribution in [2.75, 3.05) is 13.1 Å². The molecule has 20 heavy (non-hydrogen) atoms. The number of aliphatic carboxylic acids is 1. The summed E-state index contributed by atoms with van der Waals surface area (Å²) in [4.78, 5) is 24.6. The molecule has 1 aromatic rings. The molecule has 0 spiro atoms. The van der Waals surface area contributed by atoms with Gasteiger partial charge in [0.15, 0.2) is 0 Å². The minimum absolute atomic E-state index is 0.145. The summed E-state index contributed by atoms with van der Waals surface area (Å²) in [5, 5.41) is 10.6. The predicted octanol–water partition coefficient (Wildman–Crippen LogP) is 1.67. The van der Waals surface area contributed by atoms with Gasteiger partial charge in [-0.3, -0.25) is 4.79 Å². The summed E-state index contributed by atoms with van der Waals surface area (Å²) in [6.07, 6.45) is 2.78. The summed E-state index contributed by atoms with van der Waals surface area (Å²) in [5.41, 5.74) is 0.511. The normalized spacial score (nSPS) is 10.6. The molecule has 0 atom stereocenters. The van der Waals surface area contributed by atoms with Gasteiger partial charge in [-0.1, -0.05) is 19.8 Å². The van der Waals surface area contributed by atoms with E-state index < -0.39 is 5.97 Å². The van der Waals surface area contributed by atoms with Crippen molar-refractivity contribution in [3.05, 3.63) is 23.2 Å². The average Bonchev–Trinajstić information content (AvgIpc) is 2.71. The van der Waals surface area contributed by atoms with Crippen molar-refractivity contribution in [3.63, 3.8) is 0 Å². The van der Waals surface area contributed by atoms with Crippen LogP contribution in [0, 0.1) is 13.8 Å². The molecule has 0 bridgehead atoms. The topological polar surface area (TPSA) is 73.6 Å². The highest BCUT2D eigenvalue weighted by atomic mass is 16.4. The Kier molecular flexibility index (Phi) is 6.28. The van der Waals surface area contributed by atoms with Gasteiger partial charge in [0.05, 0.1) is 5.56 Å². The lowest BCUT2D eigenvalue weighted by Crippen LogP contribution is -2.36. The molecule has 0 aliphatic rings. The van der Waals surface area contributed by atoms with Gasteiger partial charge >= 0.3 is 0 Å². The Morgan fingerprint density at radius 2 is 1.95 bits per heavy atom. The summed E-state index contributed by atoms with van der Waals surface area (Å²) in [6, 6.07) is 1.70. The van der Waals surface area contributed by atoms with Gasteiger partial charge in [-0.2, -0.15) is 0 Å². The molecular weight excluding hydrogens is 258 g/mol. The number of aryl methyl sites for hydroxylation is 2. The van der Waals surface area contributed by atoms with Crippen LogP contribution in [-0.2, 0) is 4.79 Å². The van der Waals surface area contributed by atoms with E-state index in [0.29, 0.717) is 23.6 Å². The molecule has 1 heterocycles. The van der Waals surface area contributed by atoms with E-state index in [2.05, 4.69) is 6.92 Å². The highest BCUT2D eigenvalue weighted by Crippen LogP contribution is 2.16. The van der Waals surface area contributed by atoms with Crippen molar-refractivity contribution in [2.24, 2.45) is 0 Å². The van der Waals surface area contributed by atoms with E-state index in [-0.39, 0.29) is 18.9 Å². The van der Waals surface area contributed by atoms with Crippen LogP contribution in [0.2, 0.25) is 0 Å². The smallest absolute Gasteiger partial charge is 0.257 e. The van der Waals surface area contributed by atoms with Gasteiger partial charge in [0.1, 0.15) is 11.5 Å². The lowest BCUT2D eigenvalue weighted by atomic mass is 10.2. The molecule has 5 nitrogen and oxygen atoms in total. The fourth-order valence-corrected chi connectivity index (χ4v) is 2.11. The molecule has 0 saturated heterocycles. The molecular formula is C15H22NO4-. The van der Waals surface area contributed by atoms with Gasteiger partial charge in [-0.05, 0) is 26.3 Å². The lowest BCUT2D eigenvalue weighted by molar-refractivity contribution is -0.305. The summed E-state index contributed by atoms with van der Waals surface area (Å²) in [5.74, 6) is -0.0595. The van der Waals surface area contributed by atoms with Gasteiger partial charge < -0.3 is 19.2 Å². The minimum atomic E-state index is -1.14. The number of unbranched alkanes of at least 4 members (excludes halogenated alkanes) is 2.